The molecule has 0 unspecified atom stereocenters. The summed E-state index contributed by atoms with van der Waals surface area (Å²) in [5.74, 6) is -0.612. The Morgan fingerprint density at radius 2 is 2.23 bits per heavy atom. The molecule has 0 radical (unpaired) electrons. The van der Waals surface area contributed by atoms with Crippen molar-refractivity contribution in [2.24, 2.45) is 10.2 Å². The number of nitrogens with one attached hydrogen (secondary N) is 1. The summed E-state index contributed by atoms with van der Waals surface area (Å²) in [6.07, 6.45) is 2.40. The topological polar surface area (TPSA) is 74.1 Å². The second-order valence-corrected chi connectivity index (χ2v) is 5.59. The predicted molar refractivity (Wildman–Crippen MR) is 86.3 cm³/mol. The van der Waals surface area contributed by atoms with Crippen LogP contribution >= 0.6 is 23.2 Å². The van der Waals surface area contributed by atoms with Crippen molar-refractivity contribution in [2.75, 3.05) is 6.54 Å². The number of benzene rings is 1. The zero-order valence-corrected chi connectivity index (χ0v) is 13.4. The van der Waals surface area contributed by atoms with E-state index in [9.17, 15) is 9.59 Å². The van der Waals surface area contributed by atoms with E-state index in [2.05, 4.69) is 15.6 Å². The van der Waals surface area contributed by atoms with Gasteiger partial charge in [-0.2, -0.15) is 10.2 Å². The summed E-state index contributed by atoms with van der Waals surface area (Å²) in [5.41, 5.74) is 3.77. The minimum Gasteiger partial charge on any atom is -0.273 e. The average Bonchev–Trinajstić information content (AvgIpc) is 2.45. The van der Waals surface area contributed by atoms with Gasteiger partial charge in [0.15, 0.2) is 0 Å². The van der Waals surface area contributed by atoms with E-state index in [-0.39, 0.29) is 12.5 Å². The summed E-state index contributed by atoms with van der Waals surface area (Å²) < 4.78 is 0. The zero-order chi connectivity index (χ0) is 16.1. The third-order valence-corrected chi connectivity index (χ3v) is 3.49. The van der Waals surface area contributed by atoms with E-state index in [0.717, 1.165) is 10.7 Å². The summed E-state index contributed by atoms with van der Waals surface area (Å²) in [6.45, 7) is 1.65. The number of hydrazone groups is 2. The van der Waals surface area contributed by atoms with E-state index in [0.29, 0.717) is 28.5 Å². The van der Waals surface area contributed by atoms with Crippen LogP contribution in [0.1, 0.15) is 25.3 Å². The first-order valence-electron chi connectivity index (χ1n) is 6.57. The lowest BCUT2D eigenvalue weighted by Crippen LogP contribution is -2.38. The number of nitrogens with zero attached hydrogens (tertiary/aromatic N) is 3. The Bertz CT molecular complexity index is 658. The van der Waals surface area contributed by atoms with Crippen LogP contribution in [0.4, 0.5) is 0 Å². The van der Waals surface area contributed by atoms with Crippen molar-refractivity contribution >= 4 is 46.9 Å². The van der Waals surface area contributed by atoms with E-state index in [4.69, 9.17) is 23.2 Å². The Morgan fingerprint density at radius 1 is 1.45 bits per heavy atom. The van der Waals surface area contributed by atoms with Crippen molar-refractivity contribution in [3.05, 3.63) is 33.8 Å². The molecule has 0 atom stereocenters. The van der Waals surface area contributed by atoms with Gasteiger partial charge in [-0.3, -0.25) is 9.59 Å². The highest BCUT2D eigenvalue weighted by Gasteiger charge is 2.20. The van der Waals surface area contributed by atoms with Gasteiger partial charge in [0.1, 0.15) is 6.54 Å². The van der Waals surface area contributed by atoms with Gasteiger partial charge in [-0.1, -0.05) is 29.3 Å². The van der Waals surface area contributed by atoms with Crippen LogP contribution in [0.25, 0.3) is 0 Å². The molecule has 1 aliphatic heterocycles. The standard InChI is InChI=1S/C14H14Cl2N4O2/c1-9-2-5-14(22)20(19-9)8-13(21)18-17-7-10-3-4-11(15)6-12(10)16/h3-4,6-7H,2,5,8H2,1H3,(H,18,21)/b17-7+. The van der Waals surface area contributed by atoms with E-state index < -0.39 is 5.91 Å². The second kappa shape index (κ2) is 7.38. The third kappa shape index (κ3) is 4.54. The van der Waals surface area contributed by atoms with Crippen molar-refractivity contribution in [2.45, 2.75) is 19.8 Å². The van der Waals surface area contributed by atoms with Crippen LogP contribution in [-0.2, 0) is 9.59 Å². The van der Waals surface area contributed by atoms with Crippen LogP contribution < -0.4 is 5.43 Å². The van der Waals surface area contributed by atoms with Gasteiger partial charge >= 0.3 is 0 Å². The van der Waals surface area contributed by atoms with Gasteiger partial charge in [0, 0.05) is 22.7 Å². The normalized spacial score (nSPS) is 15.1. The molecule has 1 aromatic carbocycles. The van der Waals surface area contributed by atoms with Crippen molar-refractivity contribution in [1.82, 2.24) is 10.4 Å². The molecular formula is C14H14Cl2N4O2. The maximum atomic E-state index is 11.8. The van der Waals surface area contributed by atoms with Gasteiger partial charge in [0.2, 0.25) is 5.91 Å². The molecule has 0 saturated heterocycles. The van der Waals surface area contributed by atoms with Crippen LogP contribution in [0, 0.1) is 0 Å². The molecule has 0 saturated carbocycles. The first-order valence-corrected chi connectivity index (χ1v) is 7.32. The molecule has 6 nitrogen and oxygen atoms in total. The van der Waals surface area contributed by atoms with Crippen LogP contribution in [0.5, 0.6) is 0 Å². The first-order chi connectivity index (χ1) is 10.5. The fourth-order valence-electron chi connectivity index (χ4n) is 1.80. The lowest BCUT2D eigenvalue weighted by atomic mass is 10.2. The summed E-state index contributed by atoms with van der Waals surface area (Å²) in [5, 5.41) is 9.94. The number of hydrogen-bond acceptors (Lipinski definition) is 4. The average molecular weight is 341 g/mol. The molecule has 116 valence electrons. The number of halogens is 2. The molecule has 2 rings (SSSR count). The van der Waals surface area contributed by atoms with Gasteiger partial charge in [-0.05, 0) is 25.5 Å². The molecule has 0 aromatic heterocycles. The molecule has 1 aliphatic rings. The molecule has 1 N–H and O–H groups in total. The highest BCUT2D eigenvalue weighted by Crippen LogP contribution is 2.19. The molecule has 1 aromatic rings. The van der Waals surface area contributed by atoms with Gasteiger partial charge in [0.25, 0.3) is 5.91 Å². The molecule has 22 heavy (non-hydrogen) atoms. The van der Waals surface area contributed by atoms with Crippen LogP contribution in [0.3, 0.4) is 0 Å². The molecule has 8 heteroatoms. The maximum Gasteiger partial charge on any atom is 0.261 e. The van der Waals surface area contributed by atoms with Crippen molar-refractivity contribution in [3.8, 4) is 0 Å². The Kier molecular flexibility index (Phi) is 5.51. The Labute approximate surface area is 137 Å². The fourth-order valence-corrected chi connectivity index (χ4v) is 2.26. The van der Waals surface area contributed by atoms with Crippen LogP contribution in [0.15, 0.2) is 28.4 Å². The van der Waals surface area contributed by atoms with Crippen molar-refractivity contribution in [1.29, 1.82) is 0 Å². The van der Waals surface area contributed by atoms with Gasteiger partial charge in [-0.15, -0.1) is 0 Å². The number of carbonyl (C=O) groups is 2. The largest absolute Gasteiger partial charge is 0.273 e. The number of hydrogen-bond donors (Lipinski definition) is 1. The number of amides is 2. The fraction of sp³-hybridized carbons (Fsp3) is 0.286. The van der Waals surface area contributed by atoms with E-state index in [1.54, 1.807) is 18.2 Å². The number of carbonyl (C=O) groups excluding carboxylic acids is 2. The highest BCUT2D eigenvalue weighted by molar-refractivity contribution is 6.36. The van der Waals surface area contributed by atoms with Crippen molar-refractivity contribution < 1.29 is 9.59 Å². The third-order valence-electron chi connectivity index (χ3n) is 2.93. The Morgan fingerprint density at radius 3 is 2.95 bits per heavy atom. The number of rotatable bonds is 4. The van der Waals surface area contributed by atoms with Gasteiger partial charge < -0.3 is 0 Å². The van der Waals surface area contributed by atoms with E-state index in [1.807, 2.05) is 6.92 Å². The summed E-state index contributed by atoms with van der Waals surface area (Å²) in [7, 11) is 0. The smallest absolute Gasteiger partial charge is 0.261 e. The minimum absolute atomic E-state index is 0.165. The summed E-state index contributed by atoms with van der Waals surface area (Å²) in [4.78, 5) is 23.4. The lowest BCUT2D eigenvalue weighted by Gasteiger charge is -2.21. The summed E-state index contributed by atoms with van der Waals surface area (Å²) in [6, 6.07) is 4.93. The van der Waals surface area contributed by atoms with E-state index in [1.165, 1.54) is 6.21 Å². The predicted octanol–water partition coefficient (Wildman–Crippen LogP) is 2.44. The molecule has 1 heterocycles. The van der Waals surface area contributed by atoms with Crippen LogP contribution in [-0.4, -0.2) is 35.3 Å². The van der Waals surface area contributed by atoms with Crippen molar-refractivity contribution in [3.63, 3.8) is 0 Å². The zero-order valence-electron chi connectivity index (χ0n) is 11.8. The van der Waals surface area contributed by atoms with Gasteiger partial charge in [0.05, 0.1) is 11.2 Å². The Hall–Kier alpha value is -1.92. The van der Waals surface area contributed by atoms with Crippen LogP contribution in [0.2, 0.25) is 10.0 Å². The second-order valence-electron chi connectivity index (χ2n) is 4.75. The lowest BCUT2D eigenvalue weighted by molar-refractivity contribution is -0.136. The molecule has 0 aliphatic carbocycles. The highest BCUT2D eigenvalue weighted by atomic mass is 35.5. The SMILES string of the molecule is CC1=NN(CC(=O)N/N=C/c2ccc(Cl)cc2Cl)C(=O)CC1. The monoisotopic (exact) mass is 340 g/mol. The Balaban J connectivity index is 1.91. The molecule has 2 amide bonds. The molecule has 0 fully saturated rings. The minimum atomic E-state index is -0.437. The maximum absolute atomic E-state index is 11.8. The van der Waals surface area contributed by atoms with Gasteiger partial charge in [-0.25, -0.2) is 10.4 Å². The van der Waals surface area contributed by atoms with E-state index >= 15 is 0 Å². The first kappa shape index (κ1) is 16.5. The molecule has 0 bridgehead atoms. The molecular weight excluding hydrogens is 327 g/mol. The summed E-state index contributed by atoms with van der Waals surface area (Å²) >= 11 is 11.8. The molecule has 0 spiro atoms. The quantitative estimate of drug-likeness (QED) is 0.675.